The van der Waals surface area contributed by atoms with Gasteiger partial charge in [0.15, 0.2) is 6.61 Å². The molecule has 0 unspecified atom stereocenters. The Morgan fingerprint density at radius 1 is 1.22 bits per heavy atom. The lowest BCUT2D eigenvalue weighted by Crippen LogP contribution is -2.24. The van der Waals surface area contributed by atoms with Gasteiger partial charge in [-0.15, -0.1) is 0 Å². The van der Waals surface area contributed by atoms with Crippen LogP contribution < -0.4 is 10.2 Å². The lowest BCUT2D eigenvalue weighted by atomic mass is 10.2. The van der Waals surface area contributed by atoms with E-state index >= 15 is 0 Å². The zero-order valence-electron chi connectivity index (χ0n) is 14.2. The molecule has 2 rings (SSSR count). The number of rotatable bonds is 7. The average Bonchev–Trinajstić information content (AvgIpc) is 2.64. The fraction of sp³-hybridized carbons (Fsp3) is 0.167. The fourth-order valence-corrected chi connectivity index (χ4v) is 2.45. The summed E-state index contributed by atoms with van der Waals surface area (Å²) in [5.41, 5.74) is 2.89. The van der Waals surface area contributed by atoms with E-state index in [1.165, 1.54) is 30.5 Å². The van der Waals surface area contributed by atoms with Crippen LogP contribution in [0.15, 0.2) is 41.5 Å². The van der Waals surface area contributed by atoms with Crippen molar-refractivity contribution in [1.82, 2.24) is 5.43 Å². The van der Waals surface area contributed by atoms with E-state index in [4.69, 9.17) is 32.7 Å². The molecule has 0 aromatic heterocycles. The van der Waals surface area contributed by atoms with Gasteiger partial charge in [-0.25, -0.2) is 10.2 Å². The molecular weight excluding hydrogens is 395 g/mol. The van der Waals surface area contributed by atoms with E-state index in [2.05, 4.69) is 10.5 Å². The second-order valence-corrected chi connectivity index (χ2v) is 6.00. The maximum Gasteiger partial charge on any atom is 0.338 e. The van der Waals surface area contributed by atoms with Crippen molar-refractivity contribution in [3.63, 3.8) is 0 Å². The molecule has 0 aliphatic carbocycles. The van der Waals surface area contributed by atoms with Crippen LogP contribution in [0.2, 0.25) is 10.0 Å². The van der Waals surface area contributed by atoms with Crippen molar-refractivity contribution in [1.29, 1.82) is 0 Å². The summed E-state index contributed by atoms with van der Waals surface area (Å²) in [5.74, 6) is -0.743. The van der Waals surface area contributed by atoms with Gasteiger partial charge < -0.3 is 14.6 Å². The first kappa shape index (κ1) is 20.5. The third kappa shape index (κ3) is 6.16. The predicted molar refractivity (Wildman–Crippen MR) is 102 cm³/mol. The quantitative estimate of drug-likeness (QED) is 0.414. The molecule has 0 bridgehead atoms. The molecule has 0 atom stereocenters. The van der Waals surface area contributed by atoms with Gasteiger partial charge in [0.1, 0.15) is 11.5 Å². The van der Waals surface area contributed by atoms with Crippen LogP contribution in [0, 0.1) is 0 Å². The zero-order chi connectivity index (χ0) is 19.8. The Hall–Kier alpha value is -2.77. The number of hydrogen-bond donors (Lipinski definition) is 2. The van der Waals surface area contributed by atoms with Gasteiger partial charge in [0.2, 0.25) is 0 Å². The first-order chi connectivity index (χ1) is 12.9. The number of benzene rings is 2. The highest BCUT2D eigenvalue weighted by molar-refractivity contribution is 6.36. The van der Waals surface area contributed by atoms with Crippen molar-refractivity contribution in [2.45, 2.75) is 6.92 Å². The van der Waals surface area contributed by atoms with Crippen LogP contribution in [-0.4, -0.2) is 36.4 Å². The Morgan fingerprint density at radius 2 is 1.93 bits per heavy atom. The van der Waals surface area contributed by atoms with Gasteiger partial charge in [-0.05, 0) is 43.3 Å². The van der Waals surface area contributed by atoms with Gasteiger partial charge in [0, 0.05) is 10.6 Å². The second-order valence-electron chi connectivity index (χ2n) is 5.15. The zero-order valence-corrected chi connectivity index (χ0v) is 15.8. The fourth-order valence-electron chi connectivity index (χ4n) is 1.94. The molecule has 9 heteroatoms. The number of aromatic hydroxyl groups is 1. The van der Waals surface area contributed by atoms with E-state index in [1.54, 1.807) is 19.1 Å². The number of carbonyl (C=O) groups is 2. The summed E-state index contributed by atoms with van der Waals surface area (Å²) in [5, 5.41) is 13.9. The van der Waals surface area contributed by atoms with E-state index < -0.39 is 11.9 Å². The van der Waals surface area contributed by atoms with Crippen molar-refractivity contribution < 1.29 is 24.2 Å². The van der Waals surface area contributed by atoms with Crippen molar-refractivity contribution >= 4 is 41.3 Å². The lowest BCUT2D eigenvalue weighted by Gasteiger charge is -2.06. The van der Waals surface area contributed by atoms with Crippen LogP contribution in [0.1, 0.15) is 22.8 Å². The van der Waals surface area contributed by atoms with Crippen LogP contribution >= 0.6 is 23.2 Å². The predicted octanol–water partition coefficient (Wildman–Crippen LogP) is 3.40. The number of nitrogens with one attached hydrogen (secondary N) is 1. The molecule has 0 saturated heterocycles. The average molecular weight is 411 g/mol. The molecule has 7 nitrogen and oxygen atoms in total. The lowest BCUT2D eigenvalue weighted by molar-refractivity contribution is -0.123. The summed E-state index contributed by atoms with van der Waals surface area (Å²) in [4.78, 5) is 23.3. The first-order valence-electron chi connectivity index (χ1n) is 7.80. The molecule has 2 aromatic carbocycles. The number of phenols is 1. The minimum atomic E-state index is -0.520. The van der Waals surface area contributed by atoms with Crippen molar-refractivity contribution in [2.75, 3.05) is 13.2 Å². The molecule has 2 aromatic rings. The maximum absolute atomic E-state index is 11.7. The maximum atomic E-state index is 11.7. The monoisotopic (exact) mass is 410 g/mol. The molecule has 0 spiro atoms. The molecule has 0 saturated carbocycles. The summed E-state index contributed by atoms with van der Waals surface area (Å²) in [6, 6.07) is 9.00. The SMILES string of the molecule is CCOC(=O)c1ccc(OCC(=O)N/N=C/c2cc(Cl)cc(Cl)c2O)cc1. The number of phenolic OH excluding ortho intramolecular Hbond substituents is 1. The third-order valence-electron chi connectivity index (χ3n) is 3.19. The number of carbonyl (C=O) groups excluding carboxylic acids is 2. The van der Waals surface area contributed by atoms with Crippen LogP contribution in [0.4, 0.5) is 0 Å². The van der Waals surface area contributed by atoms with Crippen LogP contribution in [-0.2, 0) is 9.53 Å². The van der Waals surface area contributed by atoms with Crippen LogP contribution in [0.3, 0.4) is 0 Å². The number of hydrogen-bond acceptors (Lipinski definition) is 6. The molecule has 27 heavy (non-hydrogen) atoms. The van der Waals surface area contributed by atoms with E-state index in [1.807, 2.05) is 0 Å². The Balaban J connectivity index is 1.85. The smallest absolute Gasteiger partial charge is 0.338 e. The number of esters is 1. The van der Waals surface area contributed by atoms with Crippen molar-refractivity contribution in [2.24, 2.45) is 5.10 Å². The summed E-state index contributed by atoms with van der Waals surface area (Å²) >= 11 is 11.6. The van der Waals surface area contributed by atoms with E-state index in [0.29, 0.717) is 16.3 Å². The van der Waals surface area contributed by atoms with Crippen LogP contribution in [0.5, 0.6) is 11.5 Å². The number of ether oxygens (including phenoxy) is 2. The molecule has 0 aliphatic heterocycles. The van der Waals surface area contributed by atoms with Crippen LogP contribution in [0.25, 0.3) is 0 Å². The molecule has 0 radical (unpaired) electrons. The Bertz CT molecular complexity index is 854. The van der Waals surface area contributed by atoms with Gasteiger partial charge in [-0.2, -0.15) is 5.10 Å². The normalized spacial score (nSPS) is 10.6. The van der Waals surface area contributed by atoms with Gasteiger partial charge in [0.25, 0.3) is 5.91 Å². The van der Waals surface area contributed by atoms with Gasteiger partial charge in [0.05, 0.1) is 23.4 Å². The topological polar surface area (TPSA) is 97.2 Å². The Labute approximate surface area is 165 Å². The van der Waals surface area contributed by atoms with Crippen molar-refractivity contribution in [3.05, 3.63) is 57.6 Å². The highest BCUT2D eigenvalue weighted by Gasteiger charge is 2.08. The molecule has 0 fully saturated rings. The molecule has 1 amide bonds. The minimum Gasteiger partial charge on any atom is -0.506 e. The van der Waals surface area contributed by atoms with E-state index in [0.717, 1.165) is 0 Å². The highest BCUT2D eigenvalue weighted by Crippen LogP contribution is 2.29. The van der Waals surface area contributed by atoms with Gasteiger partial charge in [-0.1, -0.05) is 23.2 Å². The summed E-state index contributed by atoms with van der Waals surface area (Å²) in [7, 11) is 0. The first-order valence-corrected chi connectivity index (χ1v) is 8.56. The summed E-state index contributed by atoms with van der Waals surface area (Å²) in [6.45, 7) is 1.72. The Morgan fingerprint density at radius 3 is 2.59 bits per heavy atom. The summed E-state index contributed by atoms with van der Waals surface area (Å²) < 4.78 is 10.2. The van der Waals surface area contributed by atoms with Crippen molar-refractivity contribution in [3.8, 4) is 11.5 Å². The third-order valence-corrected chi connectivity index (χ3v) is 3.69. The Kier molecular flexibility index (Phi) is 7.45. The number of nitrogens with zero attached hydrogens (tertiary/aromatic N) is 1. The number of halogens is 2. The van der Waals surface area contributed by atoms with E-state index in [9.17, 15) is 14.7 Å². The summed E-state index contributed by atoms with van der Waals surface area (Å²) in [6.07, 6.45) is 1.21. The molecule has 0 aliphatic rings. The molecule has 142 valence electrons. The molecular formula is C18H16Cl2N2O5. The molecule has 0 heterocycles. The van der Waals surface area contributed by atoms with Gasteiger partial charge in [-0.3, -0.25) is 4.79 Å². The van der Waals surface area contributed by atoms with E-state index in [-0.39, 0.29) is 29.5 Å². The number of hydrazone groups is 1. The van der Waals surface area contributed by atoms with Gasteiger partial charge >= 0.3 is 5.97 Å². The highest BCUT2D eigenvalue weighted by atomic mass is 35.5. The number of amides is 1. The molecule has 2 N–H and O–H groups in total. The minimum absolute atomic E-state index is 0.0740. The largest absolute Gasteiger partial charge is 0.506 e. The second kappa shape index (κ2) is 9.80. The standard InChI is InChI=1S/C18H16Cl2N2O5/c1-2-26-18(25)11-3-5-14(6-4-11)27-10-16(23)22-21-9-12-7-13(19)8-15(20)17(12)24/h3-9,24H,2,10H2,1H3,(H,22,23)/b21-9+.